The number of hydrazone groups is 1. The molecule has 0 aliphatic rings. The molecule has 0 fully saturated rings. The van der Waals surface area contributed by atoms with Gasteiger partial charge in [0.15, 0.2) is 0 Å². The minimum Gasteiger partial charge on any atom is -0.340 e. The molecule has 0 saturated carbocycles. The predicted molar refractivity (Wildman–Crippen MR) is 118 cm³/mol. The summed E-state index contributed by atoms with van der Waals surface area (Å²) in [6.45, 7) is 4.80. The molecule has 4 nitrogen and oxygen atoms in total. The molecule has 144 valence electrons. The van der Waals surface area contributed by atoms with E-state index in [9.17, 15) is 4.79 Å². The number of hydrogen-bond acceptors (Lipinski definition) is 2. The number of hydrogen-bond donors (Lipinski definition) is 1. The second-order valence-electron chi connectivity index (χ2n) is 7.10. The molecule has 29 heavy (non-hydrogen) atoms. The number of nitrogens with one attached hydrogen (secondary N) is 1. The summed E-state index contributed by atoms with van der Waals surface area (Å²) >= 11 is 0. The Kier molecular flexibility index (Phi) is 5.25. The third kappa shape index (κ3) is 3.83. The lowest BCUT2D eigenvalue weighted by atomic mass is 10.1. The zero-order valence-corrected chi connectivity index (χ0v) is 16.6. The molecule has 1 amide bonds. The van der Waals surface area contributed by atoms with Crippen LogP contribution in [-0.4, -0.2) is 16.7 Å². The number of carbonyl (C=O) groups is 1. The van der Waals surface area contributed by atoms with Gasteiger partial charge in [-0.25, -0.2) is 5.43 Å². The average Bonchev–Trinajstić information content (AvgIpc) is 3.01. The first-order valence-corrected chi connectivity index (χ1v) is 9.66. The Balaban J connectivity index is 1.64. The molecule has 0 bridgehead atoms. The molecule has 1 heterocycles. The number of aromatic nitrogens is 1. The van der Waals surface area contributed by atoms with E-state index in [4.69, 9.17) is 0 Å². The van der Waals surface area contributed by atoms with Crippen molar-refractivity contribution in [2.24, 2.45) is 5.10 Å². The fraction of sp³-hybridized carbons (Fsp3) is 0.120. The molecule has 0 saturated heterocycles. The van der Waals surface area contributed by atoms with E-state index < -0.39 is 0 Å². The first kappa shape index (κ1) is 18.7. The first-order valence-electron chi connectivity index (χ1n) is 9.66. The molecule has 0 aliphatic heterocycles. The molecule has 3 aromatic carbocycles. The van der Waals surface area contributed by atoms with Crippen LogP contribution in [0.4, 0.5) is 0 Å². The lowest BCUT2D eigenvalue weighted by molar-refractivity contribution is 0.0954. The van der Waals surface area contributed by atoms with Crippen LogP contribution in [0, 0.1) is 13.8 Å². The van der Waals surface area contributed by atoms with Gasteiger partial charge in [0.25, 0.3) is 5.91 Å². The molecule has 4 aromatic rings. The van der Waals surface area contributed by atoms with Gasteiger partial charge in [-0.1, -0.05) is 66.7 Å². The van der Waals surface area contributed by atoms with Crippen LogP contribution in [0.5, 0.6) is 0 Å². The number of para-hydroxylation sites is 1. The molecule has 0 radical (unpaired) electrons. The maximum Gasteiger partial charge on any atom is 0.271 e. The molecule has 0 aliphatic carbocycles. The summed E-state index contributed by atoms with van der Waals surface area (Å²) in [5.41, 5.74) is 8.75. The lowest BCUT2D eigenvalue weighted by Crippen LogP contribution is -2.18. The first-order chi connectivity index (χ1) is 14.1. The quantitative estimate of drug-likeness (QED) is 0.381. The van der Waals surface area contributed by atoms with Gasteiger partial charge in [-0.3, -0.25) is 4.79 Å². The summed E-state index contributed by atoms with van der Waals surface area (Å²) in [6, 6.07) is 26.2. The Morgan fingerprint density at radius 3 is 2.41 bits per heavy atom. The maximum absolute atomic E-state index is 12.4. The van der Waals surface area contributed by atoms with Crippen LogP contribution >= 0.6 is 0 Å². The highest BCUT2D eigenvalue weighted by Gasteiger charge is 2.13. The van der Waals surface area contributed by atoms with Crippen molar-refractivity contribution in [1.29, 1.82) is 0 Å². The Bertz CT molecular complexity index is 1190. The van der Waals surface area contributed by atoms with Crippen molar-refractivity contribution in [2.75, 3.05) is 0 Å². The largest absolute Gasteiger partial charge is 0.340 e. The highest BCUT2D eigenvalue weighted by Crippen LogP contribution is 2.25. The molecular weight excluding hydrogens is 358 g/mol. The molecule has 1 N–H and O–H groups in total. The van der Waals surface area contributed by atoms with Crippen LogP contribution in [-0.2, 0) is 6.54 Å². The summed E-state index contributed by atoms with van der Waals surface area (Å²) in [5.74, 6) is -0.204. The monoisotopic (exact) mass is 381 g/mol. The third-order valence-corrected chi connectivity index (χ3v) is 5.21. The zero-order chi connectivity index (χ0) is 20.2. The van der Waals surface area contributed by atoms with Crippen molar-refractivity contribution < 1.29 is 4.79 Å². The maximum atomic E-state index is 12.4. The lowest BCUT2D eigenvalue weighted by Gasteiger charge is -2.08. The van der Waals surface area contributed by atoms with E-state index in [1.165, 1.54) is 5.56 Å². The highest BCUT2D eigenvalue weighted by molar-refractivity contribution is 6.02. The number of benzene rings is 3. The second kappa shape index (κ2) is 8.15. The van der Waals surface area contributed by atoms with Gasteiger partial charge in [-0.05, 0) is 37.1 Å². The van der Waals surface area contributed by atoms with Crippen molar-refractivity contribution in [3.8, 4) is 0 Å². The van der Waals surface area contributed by atoms with Gasteiger partial charge in [-0.15, -0.1) is 0 Å². The fourth-order valence-electron chi connectivity index (χ4n) is 3.63. The number of rotatable bonds is 5. The summed E-state index contributed by atoms with van der Waals surface area (Å²) in [4.78, 5) is 12.4. The van der Waals surface area contributed by atoms with E-state index in [1.807, 2.05) is 43.3 Å². The number of fused-ring (bicyclic) bond motifs is 1. The van der Waals surface area contributed by atoms with E-state index in [2.05, 4.69) is 58.4 Å². The van der Waals surface area contributed by atoms with Crippen molar-refractivity contribution >= 4 is 23.0 Å². The molecule has 0 atom stereocenters. The van der Waals surface area contributed by atoms with Gasteiger partial charge in [0.05, 0.1) is 6.21 Å². The van der Waals surface area contributed by atoms with Crippen molar-refractivity contribution in [1.82, 2.24) is 9.99 Å². The van der Waals surface area contributed by atoms with Crippen LogP contribution in [0.25, 0.3) is 10.9 Å². The minimum atomic E-state index is -0.204. The summed E-state index contributed by atoms with van der Waals surface area (Å²) in [7, 11) is 0. The van der Waals surface area contributed by atoms with Gasteiger partial charge >= 0.3 is 0 Å². The Hall–Kier alpha value is -3.66. The van der Waals surface area contributed by atoms with Gasteiger partial charge in [0, 0.05) is 34.3 Å². The van der Waals surface area contributed by atoms with E-state index >= 15 is 0 Å². The molecule has 1 aromatic heterocycles. The Morgan fingerprint density at radius 2 is 1.62 bits per heavy atom. The van der Waals surface area contributed by atoms with Gasteiger partial charge in [-0.2, -0.15) is 5.10 Å². The number of carbonyl (C=O) groups excluding carboxylic acids is 1. The van der Waals surface area contributed by atoms with E-state index in [-0.39, 0.29) is 5.91 Å². The van der Waals surface area contributed by atoms with E-state index in [1.54, 1.807) is 12.3 Å². The number of aryl methyl sites for hydroxylation is 1. The molecular formula is C25H23N3O. The highest BCUT2D eigenvalue weighted by atomic mass is 16.2. The topological polar surface area (TPSA) is 46.4 Å². The second-order valence-corrected chi connectivity index (χ2v) is 7.10. The normalized spacial score (nSPS) is 11.2. The Labute approximate surface area is 170 Å². The summed E-state index contributed by atoms with van der Waals surface area (Å²) in [6.07, 6.45) is 1.75. The SMILES string of the molecule is Cc1ccccc1C(=O)N/N=C\c1c(C)n(Cc2ccccc2)c2ccccc12. The minimum absolute atomic E-state index is 0.204. The molecule has 4 rings (SSSR count). The van der Waals surface area contributed by atoms with Crippen LogP contribution in [0.15, 0.2) is 84.0 Å². The van der Waals surface area contributed by atoms with Gasteiger partial charge < -0.3 is 4.57 Å². The molecule has 4 heteroatoms. The van der Waals surface area contributed by atoms with Gasteiger partial charge in [0.1, 0.15) is 0 Å². The molecule has 0 spiro atoms. The fourth-order valence-corrected chi connectivity index (χ4v) is 3.63. The third-order valence-electron chi connectivity index (χ3n) is 5.21. The Morgan fingerprint density at radius 1 is 0.931 bits per heavy atom. The summed E-state index contributed by atoms with van der Waals surface area (Å²) < 4.78 is 2.29. The standard InChI is InChI=1S/C25H23N3O/c1-18-10-6-7-13-21(18)25(29)27-26-16-23-19(2)28(17-20-11-4-3-5-12-20)24-15-9-8-14-22(23)24/h3-16H,17H2,1-2H3,(H,27,29)/b26-16-. The van der Waals surface area contributed by atoms with E-state index in [0.717, 1.165) is 34.3 Å². The van der Waals surface area contributed by atoms with Crippen LogP contribution in [0.1, 0.15) is 32.7 Å². The van der Waals surface area contributed by atoms with Crippen molar-refractivity contribution in [2.45, 2.75) is 20.4 Å². The van der Waals surface area contributed by atoms with Gasteiger partial charge in [0.2, 0.25) is 0 Å². The van der Waals surface area contributed by atoms with Crippen LogP contribution in [0.2, 0.25) is 0 Å². The van der Waals surface area contributed by atoms with Crippen molar-refractivity contribution in [3.05, 3.63) is 107 Å². The molecule has 0 unspecified atom stereocenters. The van der Waals surface area contributed by atoms with E-state index in [0.29, 0.717) is 5.56 Å². The zero-order valence-electron chi connectivity index (χ0n) is 16.6. The average molecular weight is 381 g/mol. The predicted octanol–water partition coefficient (Wildman–Crippen LogP) is 5.07. The van der Waals surface area contributed by atoms with Crippen LogP contribution < -0.4 is 5.43 Å². The smallest absolute Gasteiger partial charge is 0.271 e. The number of amides is 1. The summed E-state index contributed by atoms with van der Waals surface area (Å²) in [5, 5.41) is 5.37. The van der Waals surface area contributed by atoms with Crippen molar-refractivity contribution in [3.63, 3.8) is 0 Å². The van der Waals surface area contributed by atoms with Crippen LogP contribution in [0.3, 0.4) is 0 Å². The number of nitrogens with zero attached hydrogens (tertiary/aromatic N) is 2.